The van der Waals surface area contributed by atoms with Gasteiger partial charge in [0.1, 0.15) is 0 Å². The van der Waals surface area contributed by atoms with Gasteiger partial charge in [-0.1, -0.05) is 240 Å². The minimum atomic E-state index is -0.567. The molecule has 0 aromatic heterocycles. The normalized spacial score (nSPS) is 15.1. The molecule has 0 atom stereocenters. The summed E-state index contributed by atoms with van der Waals surface area (Å²) < 4.78 is 0. The Morgan fingerprint density at radius 1 is 0.267 bits per heavy atom. The van der Waals surface area contributed by atoms with Gasteiger partial charge in [-0.15, -0.1) is 0 Å². The maximum Gasteiger partial charge on any atom is 0.0754 e. The second-order valence-corrected chi connectivity index (χ2v) is 24.9. The Morgan fingerprint density at radius 2 is 0.628 bits per heavy atom. The van der Waals surface area contributed by atoms with Crippen LogP contribution < -0.4 is 14.7 Å². The lowest BCUT2D eigenvalue weighted by Gasteiger charge is -2.44. The lowest BCUT2D eigenvalue weighted by Crippen LogP contribution is -2.37. The van der Waals surface area contributed by atoms with Crippen LogP contribution in [0, 0.1) is 0 Å². The molecule has 0 radical (unpaired) electrons. The second-order valence-electron chi connectivity index (χ2n) is 24.9. The predicted octanol–water partition coefficient (Wildman–Crippen LogP) is 22.0. The van der Waals surface area contributed by atoms with Crippen molar-refractivity contribution in [3.05, 3.63) is 324 Å². The van der Waals surface area contributed by atoms with Crippen molar-refractivity contribution in [2.45, 2.75) is 50.9 Å². The van der Waals surface area contributed by atoms with Gasteiger partial charge in [-0.05, 0) is 184 Å². The van der Waals surface area contributed by atoms with Crippen LogP contribution in [0.1, 0.15) is 79.1 Å². The number of hydrogen-bond acceptors (Lipinski definition) is 3. The van der Waals surface area contributed by atoms with E-state index in [1.54, 1.807) is 0 Å². The highest BCUT2D eigenvalue weighted by Gasteiger charge is 2.52. The lowest BCUT2D eigenvalue weighted by molar-refractivity contribution is 0.633. The number of benzene rings is 13. The van der Waals surface area contributed by atoms with Gasteiger partial charge in [0.25, 0.3) is 0 Å². The number of hydrogen-bond donors (Lipinski definition) is 0. The van der Waals surface area contributed by atoms with Gasteiger partial charge in [0, 0.05) is 40.1 Å². The minimum Gasteiger partial charge on any atom is -0.341 e. The molecule has 0 saturated heterocycles. The molecule has 3 heterocycles. The molecule has 1 aliphatic carbocycles. The van der Waals surface area contributed by atoms with E-state index in [0.717, 1.165) is 17.9 Å². The molecule has 0 N–H and O–H groups in total. The third kappa shape index (κ3) is 6.74. The summed E-state index contributed by atoms with van der Waals surface area (Å²) in [5.74, 6) is 0. The van der Waals surface area contributed by atoms with Crippen molar-refractivity contribution in [3.63, 3.8) is 0 Å². The SMILES string of the molecule is CCN1c2ccccc2C2(c3ccccc3-c3c(-c4c5cccc(-c6cccc7c6C(C)(C)c6ccccc6N7c6ccccc6)c5cc5c(-c6cccc7c6C(C)(C)c6ccccc6N7c6ccccc6)cccc45)cccc32)c2ccccc21. The molecule has 17 rings (SSSR count). The molecule has 3 nitrogen and oxygen atoms in total. The highest BCUT2D eigenvalue weighted by molar-refractivity contribution is 6.21. The van der Waals surface area contributed by atoms with E-state index in [4.69, 9.17) is 0 Å². The average Bonchev–Trinajstić information content (AvgIpc) is 1.46. The molecule has 0 bridgehead atoms. The first-order chi connectivity index (χ1) is 42.2. The molecule has 0 unspecified atom stereocenters. The number of nitrogens with zero attached hydrogens (tertiary/aromatic N) is 3. The van der Waals surface area contributed by atoms with Crippen molar-refractivity contribution in [2.24, 2.45) is 0 Å². The van der Waals surface area contributed by atoms with Gasteiger partial charge in [0.15, 0.2) is 0 Å². The van der Waals surface area contributed by atoms with Gasteiger partial charge in [0.05, 0.1) is 28.2 Å². The van der Waals surface area contributed by atoms with Crippen molar-refractivity contribution in [1.82, 2.24) is 0 Å². The fourth-order valence-electron chi connectivity index (χ4n) is 16.6. The summed E-state index contributed by atoms with van der Waals surface area (Å²) in [5, 5.41) is 4.91. The predicted molar refractivity (Wildman–Crippen MR) is 361 cm³/mol. The summed E-state index contributed by atoms with van der Waals surface area (Å²) in [6, 6.07) is 106. The van der Waals surface area contributed by atoms with Gasteiger partial charge in [0.2, 0.25) is 0 Å². The van der Waals surface area contributed by atoms with Crippen molar-refractivity contribution < 1.29 is 0 Å². The highest BCUT2D eigenvalue weighted by atomic mass is 15.2. The standard InChI is InChI=1S/C83H63N3/c1-6-84-71-46-19-17-43-68(71)83(69-44-18-20-47-72(69)84)65-40-14-13-32-61(65)78-62(39-25-45-70(78)83)77-57-35-23-33-55(59-37-26-50-75-79(59)81(2,3)66-41-15-21-48-73(66)85(75)53-28-9-7-10-29-53)63(57)52-64-56(34-24-36-58(64)77)60-38-27-51-76-80(60)82(4,5)67-42-16-22-49-74(67)86(76)54-30-11-8-12-31-54/h7-52H,6H2,1-5H3. The molecule has 86 heavy (non-hydrogen) atoms. The van der Waals surface area contributed by atoms with Crippen molar-refractivity contribution in [3.8, 4) is 44.5 Å². The number of para-hydroxylation sites is 6. The van der Waals surface area contributed by atoms with Crippen LogP contribution in [0.5, 0.6) is 0 Å². The van der Waals surface area contributed by atoms with E-state index in [-0.39, 0.29) is 10.8 Å². The van der Waals surface area contributed by atoms with Gasteiger partial charge < -0.3 is 14.7 Å². The molecule has 3 aliphatic heterocycles. The van der Waals surface area contributed by atoms with Crippen molar-refractivity contribution >= 4 is 67.0 Å². The van der Waals surface area contributed by atoms with Crippen LogP contribution >= 0.6 is 0 Å². The molecule has 0 amide bonds. The largest absolute Gasteiger partial charge is 0.341 e. The summed E-state index contributed by atoms with van der Waals surface area (Å²) >= 11 is 0. The van der Waals surface area contributed by atoms with Crippen LogP contribution in [0.15, 0.2) is 279 Å². The Bertz CT molecular complexity index is 4700. The van der Waals surface area contributed by atoms with Gasteiger partial charge in [-0.2, -0.15) is 0 Å². The van der Waals surface area contributed by atoms with Crippen LogP contribution in [-0.2, 0) is 16.2 Å². The molecule has 4 aliphatic rings. The van der Waals surface area contributed by atoms with Gasteiger partial charge in [-0.25, -0.2) is 0 Å². The van der Waals surface area contributed by atoms with E-state index in [1.807, 2.05) is 0 Å². The zero-order valence-corrected chi connectivity index (χ0v) is 49.1. The maximum atomic E-state index is 2.57. The molecule has 1 spiro atoms. The number of rotatable bonds is 6. The van der Waals surface area contributed by atoms with Crippen LogP contribution in [-0.4, -0.2) is 6.54 Å². The van der Waals surface area contributed by atoms with Gasteiger partial charge in [-0.3, -0.25) is 0 Å². The summed E-state index contributed by atoms with van der Waals surface area (Å²) in [7, 11) is 0. The molecular weight excluding hydrogens is 1040 g/mol. The van der Waals surface area contributed by atoms with Crippen LogP contribution in [0.25, 0.3) is 66.1 Å². The quantitative estimate of drug-likeness (QED) is 0.154. The monoisotopic (exact) mass is 1100 g/mol. The molecule has 410 valence electrons. The summed E-state index contributed by atoms with van der Waals surface area (Å²) in [6.07, 6.45) is 0. The molecular formula is C83H63N3. The molecule has 3 heteroatoms. The van der Waals surface area contributed by atoms with Crippen LogP contribution in [0.2, 0.25) is 0 Å². The lowest BCUT2D eigenvalue weighted by atomic mass is 9.64. The highest BCUT2D eigenvalue weighted by Crippen LogP contribution is 2.65. The van der Waals surface area contributed by atoms with Crippen molar-refractivity contribution in [1.29, 1.82) is 0 Å². The fraction of sp³-hybridized carbons (Fsp3) is 0.108. The third-order valence-corrected chi connectivity index (χ3v) is 20.0. The van der Waals surface area contributed by atoms with E-state index >= 15 is 0 Å². The fourth-order valence-corrected chi connectivity index (χ4v) is 16.6. The first-order valence-corrected chi connectivity index (χ1v) is 30.6. The first kappa shape index (κ1) is 50.3. The molecule has 0 saturated carbocycles. The Balaban J connectivity index is 1.00. The summed E-state index contributed by atoms with van der Waals surface area (Å²) in [6.45, 7) is 12.9. The summed E-state index contributed by atoms with van der Waals surface area (Å²) in [5.41, 5.74) is 28.9. The van der Waals surface area contributed by atoms with Crippen molar-refractivity contribution in [2.75, 3.05) is 21.2 Å². The van der Waals surface area contributed by atoms with Crippen LogP contribution in [0.3, 0.4) is 0 Å². The Morgan fingerprint density at radius 3 is 1.13 bits per heavy atom. The Kier molecular flexibility index (Phi) is 10.9. The molecule has 13 aromatic carbocycles. The zero-order chi connectivity index (χ0) is 57.6. The van der Waals surface area contributed by atoms with E-state index in [1.165, 1.54) is 145 Å². The molecule has 0 fully saturated rings. The molecule has 13 aromatic rings. The van der Waals surface area contributed by atoms with E-state index in [0.29, 0.717) is 0 Å². The Labute approximate surface area is 504 Å². The third-order valence-electron chi connectivity index (χ3n) is 20.0. The van der Waals surface area contributed by atoms with Crippen LogP contribution in [0.4, 0.5) is 45.5 Å². The Hall–Kier alpha value is -10.2. The number of anilines is 8. The average molecular weight is 1100 g/mol. The number of fused-ring (bicyclic) bond motifs is 15. The maximum absolute atomic E-state index is 2.57. The minimum absolute atomic E-state index is 0.353. The smallest absolute Gasteiger partial charge is 0.0754 e. The first-order valence-electron chi connectivity index (χ1n) is 30.6. The van der Waals surface area contributed by atoms with E-state index in [2.05, 4.69) is 328 Å². The summed E-state index contributed by atoms with van der Waals surface area (Å²) in [4.78, 5) is 7.50. The van der Waals surface area contributed by atoms with E-state index in [9.17, 15) is 0 Å². The topological polar surface area (TPSA) is 9.72 Å². The van der Waals surface area contributed by atoms with E-state index < -0.39 is 5.41 Å². The second kappa shape index (κ2) is 18.6. The zero-order valence-electron chi connectivity index (χ0n) is 49.1. The van der Waals surface area contributed by atoms with Gasteiger partial charge >= 0.3 is 0 Å².